The summed E-state index contributed by atoms with van der Waals surface area (Å²) in [7, 11) is 3.96. The van der Waals surface area contributed by atoms with Gasteiger partial charge in [-0.15, -0.1) is 0 Å². The highest BCUT2D eigenvalue weighted by molar-refractivity contribution is 5.50. The molecule has 20 heavy (non-hydrogen) atoms. The third-order valence-corrected chi connectivity index (χ3v) is 2.77. The normalized spacial score (nSPS) is 10.2. The number of hydrogen-bond donors (Lipinski definition) is 2. The molecule has 0 atom stereocenters. The fourth-order valence-corrected chi connectivity index (χ4v) is 1.70. The summed E-state index contributed by atoms with van der Waals surface area (Å²) in [4.78, 5) is 10.6. The second kappa shape index (κ2) is 6.21. The highest BCUT2D eigenvalue weighted by Gasteiger charge is 2.06. The first-order chi connectivity index (χ1) is 9.62. The lowest BCUT2D eigenvalue weighted by Crippen LogP contribution is -2.10. The average Bonchev–Trinajstić information content (AvgIpc) is 2.47. The van der Waals surface area contributed by atoms with E-state index in [1.807, 2.05) is 50.2 Å². The summed E-state index contributed by atoms with van der Waals surface area (Å²) in [6.45, 7) is 1.98. The van der Waals surface area contributed by atoms with E-state index >= 15 is 0 Å². The van der Waals surface area contributed by atoms with Gasteiger partial charge in [0.1, 0.15) is 17.4 Å². The van der Waals surface area contributed by atoms with E-state index in [-0.39, 0.29) is 0 Å². The SMILES string of the molecule is CCc1nc(NN)cc(Oc2cccc(N(C)C)c2)n1. The van der Waals surface area contributed by atoms with E-state index in [1.165, 1.54) is 0 Å². The fraction of sp³-hybridized carbons (Fsp3) is 0.286. The monoisotopic (exact) mass is 273 g/mol. The first-order valence-electron chi connectivity index (χ1n) is 6.42. The molecule has 6 heteroatoms. The molecule has 0 spiro atoms. The molecular weight excluding hydrogens is 254 g/mol. The van der Waals surface area contributed by atoms with Crippen molar-refractivity contribution in [2.75, 3.05) is 24.4 Å². The summed E-state index contributed by atoms with van der Waals surface area (Å²) in [5.41, 5.74) is 3.58. The first kappa shape index (κ1) is 14.1. The van der Waals surface area contributed by atoms with Crippen molar-refractivity contribution in [1.82, 2.24) is 9.97 Å². The maximum Gasteiger partial charge on any atom is 0.224 e. The van der Waals surface area contributed by atoms with E-state index in [2.05, 4.69) is 15.4 Å². The Morgan fingerprint density at radius 1 is 1.25 bits per heavy atom. The number of aromatic nitrogens is 2. The Bertz CT molecular complexity index is 563. The van der Waals surface area contributed by atoms with Crippen LogP contribution < -0.4 is 20.9 Å². The van der Waals surface area contributed by atoms with Crippen LogP contribution in [-0.4, -0.2) is 24.1 Å². The molecule has 3 N–H and O–H groups in total. The minimum Gasteiger partial charge on any atom is -0.439 e. The van der Waals surface area contributed by atoms with Gasteiger partial charge in [0.15, 0.2) is 0 Å². The molecule has 2 rings (SSSR count). The van der Waals surface area contributed by atoms with Crippen LogP contribution in [-0.2, 0) is 6.42 Å². The van der Waals surface area contributed by atoms with Crippen molar-refractivity contribution < 1.29 is 4.74 Å². The summed E-state index contributed by atoms with van der Waals surface area (Å²) in [5.74, 6) is 7.81. The quantitative estimate of drug-likeness (QED) is 0.642. The largest absolute Gasteiger partial charge is 0.439 e. The molecule has 0 unspecified atom stereocenters. The molecule has 0 saturated heterocycles. The van der Waals surface area contributed by atoms with Crippen molar-refractivity contribution in [3.63, 3.8) is 0 Å². The number of aryl methyl sites for hydroxylation is 1. The minimum atomic E-state index is 0.473. The van der Waals surface area contributed by atoms with Crippen molar-refractivity contribution in [2.24, 2.45) is 5.84 Å². The molecule has 0 radical (unpaired) electrons. The minimum absolute atomic E-state index is 0.473. The van der Waals surface area contributed by atoms with Crippen molar-refractivity contribution >= 4 is 11.5 Å². The van der Waals surface area contributed by atoms with E-state index < -0.39 is 0 Å². The van der Waals surface area contributed by atoms with Crippen LogP contribution in [0.15, 0.2) is 30.3 Å². The van der Waals surface area contributed by atoms with Crippen LogP contribution in [0, 0.1) is 0 Å². The van der Waals surface area contributed by atoms with Gasteiger partial charge < -0.3 is 15.1 Å². The lowest BCUT2D eigenvalue weighted by molar-refractivity contribution is 0.459. The van der Waals surface area contributed by atoms with E-state index in [9.17, 15) is 0 Å². The van der Waals surface area contributed by atoms with E-state index in [0.717, 1.165) is 11.4 Å². The van der Waals surface area contributed by atoms with Crippen LogP contribution in [0.4, 0.5) is 11.5 Å². The molecule has 0 aliphatic rings. The van der Waals surface area contributed by atoms with Crippen molar-refractivity contribution in [3.8, 4) is 11.6 Å². The third-order valence-electron chi connectivity index (χ3n) is 2.77. The Hall–Kier alpha value is -2.34. The Balaban J connectivity index is 2.27. The molecule has 0 aliphatic heterocycles. The predicted octanol–water partition coefficient (Wildman–Crippen LogP) is 2.18. The van der Waals surface area contributed by atoms with Gasteiger partial charge in [0, 0.05) is 38.3 Å². The van der Waals surface area contributed by atoms with Gasteiger partial charge in [0.2, 0.25) is 5.88 Å². The zero-order valence-electron chi connectivity index (χ0n) is 11.9. The van der Waals surface area contributed by atoms with Crippen molar-refractivity contribution in [3.05, 3.63) is 36.2 Å². The molecule has 1 aromatic heterocycles. The van der Waals surface area contributed by atoms with Crippen LogP contribution in [0.1, 0.15) is 12.7 Å². The van der Waals surface area contributed by atoms with Crippen LogP contribution in [0.25, 0.3) is 0 Å². The molecule has 0 amide bonds. The molecule has 1 heterocycles. The smallest absolute Gasteiger partial charge is 0.224 e. The molecule has 6 nitrogen and oxygen atoms in total. The third kappa shape index (κ3) is 3.36. The van der Waals surface area contributed by atoms with Gasteiger partial charge in [-0.05, 0) is 12.1 Å². The Morgan fingerprint density at radius 3 is 2.70 bits per heavy atom. The molecule has 0 saturated carbocycles. The number of hydrogen-bond acceptors (Lipinski definition) is 6. The molecule has 0 aliphatic carbocycles. The van der Waals surface area contributed by atoms with E-state index in [4.69, 9.17) is 10.6 Å². The summed E-state index contributed by atoms with van der Waals surface area (Å²) in [6, 6.07) is 9.45. The Labute approximate surface area is 118 Å². The zero-order chi connectivity index (χ0) is 14.5. The fourth-order valence-electron chi connectivity index (χ4n) is 1.70. The number of hydrazine groups is 1. The van der Waals surface area contributed by atoms with Crippen LogP contribution >= 0.6 is 0 Å². The molecule has 106 valence electrons. The van der Waals surface area contributed by atoms with E-state index in [0.29, 0.717) is 23.9 Å². The Morgan fingerprint density at radius 2 is 2.05 bits per heavy atom. The van der Waals surface area contributed by atoms with E-state index in [1.54, 1.807) is 6.07 Å². The number of nitrogen functional groups attached to an aromatic ring is 1. The molecule has 0 fully saturated rings. The number of nitrogens with zero attached hydrogens (tertiary/aromatic N) is 3. The predicted molar refractivity (Wildman–Crippen MR) is 80.1 cm³/mol. The number of nitrogens with two attached hydrogens (primary N) is 1. The molecular formula is C14H19N5O. The lowest BCUT2D eigenvalue weighted by atomic mass is 10.3. The average molecular weight is 273 g/mol. The standard InChI is InChI=1S/C14H19N5O/c1-4-12-16-13(18-15)9-14(17-12)20-11-7-5-6-10(8-11)19(2)3/h5-9H,4,15H2,1-3H3,(H,16,17,18). The van der Waals surface area contributed by atoms with Crippen LogP contribution in [0.5, 0.6) is 11.6 Å². The molecule has 0 bridgehead atoms. The number of ether oxygens (including phenoxy) is 1. The first-order valence-corrected chi connectivity index (χ1v) is 6.42. The number of nitrogens with one attached hydrogen (secondary N) is 1. The van der Waals surface area contributed by atoms with Gasteiger partial charge in [-0.2, -0.15) is 4.98 Å². The maximum atomic E-state index is 5.78. The number of rotatable bonds is 5. The van der Waals surface area contributed by atoms with Gasteiger partial charge >= 0.3 is 0 Å². The van der Waals surface area contributed by atoms with Gasteiger partial charge in [-0.25, -0.2) is 10.8 Å². The highest BCUT2D eigenvalue weighted by atomic mass is 16.5. The van der Waals surface area contributed by atoms with Gasteiger partial charge in [-0.1, -0.05) is 13.0 Å². The van der Waals surface area contributed by atoms with Crippen LogP contribution in [0.2, 0.25) is 0 Å². The zero-order valence-corrected chi connectivity index (χ0v) is 11.9. The summed E-state index contributed by atoms with van der Waals surface area (Å²) < 4.78 is 5.78. The van der Waals surface area contributed by atoms with Gasteiger partial charge in [0.05, 0.1) is 0 Å². The molecule has 2 aromatic rings. The van der Waals surface area contributed by atoms with Crippen molar-refractivity contribution in [1.29, 1.82) is 0 Å². The summed E-state index contributed by atoms with van der Waals surface area (Å²) in [5, 5.41) is 0. The number of anilines is 2. The summed E-state index contributed by atoms with van der Waals surface area (Å²) >= 11 is 0. The topological polar surface area (TPSA) is 76.3 Å². The van der Waals surface area contributed by atoms with Crippen molar-refractivity contribution in [2.45, 2.75) is 13.3 Å². The number of benzene rings is 1. The Kier molecular flexibility index (Phi) is 4.37. The maximum absolute atomic E-state index is 5.78. The van der Waals surface area contributed by atoms with Crippen LogP contribution in [0.3, 0.4) is 0 Å². The second-order valence-corrected chi connectivity index (χ2v) is 4.50. The highest BCUT2D eigenvalue weighted by Crippen LogP contribution is 2.25. The molecule has 1 aromatic carbocycles. The summed E-state index contributed by atoms with van der Waals surface area (Å²) in [6.07, 6.45) is 0.712. The lowest BCUT2D eigenvalue weighted by Gasteiger charge is -2.14. The second-order valence-electron chi connectivity index (χ2n) is 4.50. The van der Waals surface area contributed by atoms with Gasteiger partial charge in [0.25, 0.3) is 0 Å². The van der Waals surface area contributed by atoms with Gasteiger partial charge in [-0.3, -0.25) is 0 Å².